The van der Waals surface area contributed by atoms with E-state index >= 15 is 0 Å². The van der Waals surface area contributed by atoms with E-state index in [-0.39, 0.29) is 30.8 Å². The van der Waals surface area contributed by atoms with Gasteiger partial charge in [0.2, 0.25) is 5.91 Å². The molecule has 0 bridgehead atoms. The van der Waals surface area contributed by atoms with Gasteiger partial charge in [-0.15, -0.1) is 12.4 Å². The first-order valence-electron chi connectivity index (χ1n) is 6.46. The summed E-state index contributed by atoms with van der Waals surface area (Å²) in [5, 5.41) is 5.94. The highest BCUT2D eigenvalue weighted by Gasteiger charge is 2.24. The van der Waals surface area contributed by atoms with E-state index in [2.05, 4.69) is 15.4 Å². The minimum absolute atomic E-state index is 0. The highest BCUT2D eigenvalue weighted by atomic mass is 35.5. The van der Waals surface area contributed by atoms with Crippen LogP contribution in [0.15, 0.2) is 24.3 Å². The molecule has 0 saturated carbocycles. The lowest BCUT2D eigenvalue weighted by atomic mass is 10.0. The van der Waals surface area contributed by atoms with E-state index < -0.39 is 5.97 Å². The SMILES string of the molecule is COC(=O)COc1cccc(CNC(=O)C2CNC2)c1.Cl. The minimum Gasteiger partial charge on any atom is -0.482 e. The van der Waals surface area contributed by atoms with E-state index in [1.54, 1.807) is 12.1 Å². The lowest BCUT2D eigenvalue weighted by Crippen LogP contribution is -2.50. The van der Waals surface area contributed by atoms with Gasteiger partial charge in [0.05, 0.1) is 13.0 Å². The molecule has 1 saturated heterocycles. The first-order valence-corrected chi connectivity index (χ1v) is 6.46. The van der Waals surface area contributed by atoms with Crippen LogP contribution < -0.4 is 15.4 Å². The number of esters is 1. The van der Waals surface area contributed by atoms with Gasteiger partial charge in [-0.2, -0.15) is 0 Å². The van der Waals surface area contributed by atoms with Crippen LogP contribution in [0.3, 0.4) is 0 Å². The zero-order chi connectivity index (χ0) is 14.4. The number of carbonyl (C=O) groups is 2. The highest BCUT2D eigenvalue weighted by molar-refractivity contribution is 5.85. The monoisotopic (exact) mass is 314 g/mol. The molecule has 1 aromatic carbocycles. The topological polar surface area (TPSA) is 76.7 Å². The Morgan fingerprint density at radius 1 is 1.38 bits per heavy atom. The number of carbonyl (C=O) groups excluding carboxylic acids is 2. The average Bonchev–Trinajstić information content (AvgIpc) is 2.41. The van der Waals surface area contributed by atoms with Crippen LogP contribution in [0.2, 0.25) is 0 Å². The molecule has 1 aliphatic heterocycles. The van der Waals surface area contributed by atoms with Gasteiger partial charge in [0.1, 0.15) is 5.75 Å². The van der Waals surface area contributed by atoms with Crippen molar-refractivity contribution in [2.24, 2.45) is 5.92 Å². The van der Waals surface area contributed by atoms with E-state index in [1.807, 2.05) is 12.1 Å². The Morgan fingerprint density at radius 3 is 2.76 bits per heavy atom. The maximum Gasteiger partial charge on any atom is 0.343 e. The number of benzene rings is 1. The number of halogens is 1. The molecule has 116 valence electrons. The molecule has 6 nitrogen and oxygen atoms in total. The van der Waals surface area contributed by atoms with Crippen LogP contribution in [-0.4, -0.2) is 38.7 Å². The van der Waals surface area contributed by atoms with Crippen molar-refractivity contribution < 1.29 is 19.1 Å². The maximum atomic E-state index is 11.7. The summed E-state index contributed by atoms with van der Waals surface area (Å²) in [6, 6.07) is 7.26. The molecule has 2 rings (SSSR count). The number of nitrogens with one attached hydrogen (secondary N) is 2. The van der Waals surface area contributed by atoms with Crippen molar-refractivity contribution in [1.82, 2.24) is 10.6 Å². The highest BCUT2D eigenvalue weighted by Crippen LogP contribution is 2.13. The largest absolute Gasteiger partial charge is 0.482 e. The molecule has 1 amide bonds. The summed E-state index contributed by atoms with van der Waals surface area (Å²) in [4.78, 5) is 22.7. The van der Waals surface area contributed by atoms with Gasteiger partial charge in [-0.25, -0.2) is 4.79 Å². The predicted molar refractivity (Wildman–Crippen MR) is 79.4 cm³/mol. The first kappa shape index (κ1) is 17.3. The molecule has 0 aliphatic carbocycles. The molecule has 0 radical (unpaired) electrons. The van der Waals surface area contributed by atoms with Crippen molar-refractivity contribution in [3.8, 4) is 5.75 Å². The van der Waals surface area contributed by atoms with Crippen molar-refractivity contribution >= 4 is 24.3 Å². The molecule has 0 atom stereocenters. The van der Waals surface area contributed by atoms with Gasteiger partial charge in [0.15, 0.2) is 6.61 Å². The third kappa shape index (κ3) is 5.24. The van der Waals surface area contributed by atoms with Gasteiger partial charge >= 0.3 is 5.97 Å². The molecule has 0 unspecified atom stereocenters. The summed E-state index contributed by atoms with van der Waals surface area (Å²) in [5.74, 6) is 0.284. The predicted octanol–water partition coefficient (Wildman–Crippen LogP) is 0.496. The number of rotatable bonds is 6. The normalized spacial score (nSPS) is 13.6. The number of ether oxygens (including phenoxy) is 2. The van der Waals surface area contributed by atoms with Crippen molar-refractivity contribution in [3.63, 3.8) is 0 Å². The Morgan fingerprint density at radius 2 is 2.14 bits per heavy atom. The third-order valence-electron chi connectivity index (χ3n) is 3.10. The van der Waals surface area contributed by atoms with Gasteiger partial charge in [-0.3, -0.25) is 4.79 Å². The van der Waals surface area contributed by atoms with Gasteiger partial charge in [-0.05, 0) is 17.7 Å². The molecule has 21 heavy (non-hydrogen) atoms. The molecular formula is C14H19ClN2O4. The average molecular weight is 315 g/mol. The molecule has 7 heteroatoms. The molecule has 0 aromatic heterocycles. The Kier molecular flexibility index (Phi) is 6.98. The number of methoxy groups -OCH3 is 1. The summed E-state index contributed by atoms with van der Waals surface area (Å²) in [5.41, 5.74) is 0.924. The maximum absolute atomic E-state index is 11.7. The molecule has 1 aliphatic rings. The van der Waals surface area contributed by atoms with Gasteiger partial charge in [-0.1, -0.05) is 12.1 Å². The second-order valence-electron chi connectivity index (χ2n) is 4.59. The van der Waals surface area contributed by atoms with Crippen molar-refractivity contribution in [3.05, 3.63) is 29.8 Å². The van der Waals surface area contributed by atoms with E-state index in [1.165, 1.54) is 7.11 Å². The zero-order valence-electron chi connectivity index (χ0n) is 11.8. The zero-order valence-corrected chi connectivity index (χ0v) is 12.6. The fourth-order valence-electron chi connectivity index (χ4n) is 1.75. The van der Waals surface area contributed by atoms with Crippen LogP contribution in [-0.2, 0) is 20.9 Å². The van der Waals surface area contributed by atoms with Gasteiger partial charge < -0.3 is 20.1 Å². The summed E-state index contributed by atoms with van der Waals surface area (Å²) >= 11 is 0. The first-order chi connectivity index (χ1) is 9.69. The summed E-state index contributed by atoms with van der Waals surface area (Å²) in [6.07, 6.45) is 0. The lowest BCUT2D eigenvalue weighted by Gasteiger charge is -2.25. The summed E-state index contributed by atoms with van der Waals surface area (Å²) < 4.78 is 9.79. The van der Waals surface area contributed by atoms with Crippen molar-refractivity contribution in [1.29, 1.82) is 0 Å². The van der Waals surface area contributed by atoms with E-state index in [9.17, 15) is 9.59 Å². The molecule has 2 N–H and O–H groups in total. The Balaban J connectivity index is 0.00000220. The third-order valence-corrected chi connectivity index (χ3v) is 3.10. The fraction of sp³-hybridized carbons (Fsp3) is 0.429. The van der Waals surface area contributed by atoms with Crippen LogP contribution in [0.25, 0.3) is 0 Å². The van der Waals surface area contributed by atoms with Crippen LogP contribution in [0.4, 0.5) is 0 Å². The second-order valence-corrected chi connectivity index (χ2v) is 4.59. The molecule has 1 heterocycles. The number of hydrogen-bond acceptors (Lipinski definition) is 5. The smallest absolute Gasteiger partial charge is 0.343 e. The van der Waals surface area contributed by atoms with Gasteiger partial charge in [0, 0.05) is 19.6 Å². The Labute approximate surface area is 129 Å². The standard InChI is InChI=1S/C14H18N2O4.ClH/c1-19-13(17)9-20-12-4-2-3-10(5-12)6-16-14(18)11-7-15-8-11;/h2-5,11,15H,6-9H2,1H3,(H,16,18);1H. The summed E-state index contributed by atoms with van der Waals surface area (Å²) in [7, 11) is 1.31. The fourth-order valence-corrected chi connectivity index (χ4v) is 1.75. The molecule has 1 fully saturated rings. The van der Waals surface area contributed by atoms with Crippen molar-refractivity contribution in [2.45, 2.75) is 6.54 Å². The minimum atomic E-state index is -0.429. The van der Waals surface area contributed by atoms with Crippen LogP contribution in [0, 0.1) is 5.92 Å². The number of hydrogen-bond donors (Lipinski definition) is 2. The van der Waals surface area contributed by atoms with E-state index in [0.717, 1.165) is 18.7 Å². The Bertz CT molecular complexity index is 492. The van der Waals surface area contributed by atoms with Gasteiger partial charge in [0.25, 0.3) is 0 Å². The second kappa shape index (κ2) is 8.49. The van der Waals surface area contributed by atoms with Crippen LogP contribution in [0.1, 0.15) is 5.56 Å². The van der Waals surface area contributed by atoms with Crippen LogP contribution >= 0.6 is 12.4 Å². The molecular weight excluding hydrogens is 296 g/mol. The number of amides is 1. The quantitative estimate of drug-likeness (QED) is 0.748. The molecule has 0 spiro atoms. The van der Waals surface area contributed by atoms with Crippen molar-refractivity contribution in [2.75, 3.05) is 26.8 Å². The Hall–Kier alpha value is -1.79. The van der Waals surface area contributed by atoms with E-state index in [0.29, 0.717) is 12.3 Å². The van der Waals surface area contributed by atoms with E-state index in [4.69, 9.17) is 4.74 Å². The summed E-state index contributed by atoms with van der Waals surface area (Å²) in [6.45, 7) is 1.81. The lowest BCUT2D eigenvalue weighted by molar-refractivity contribution is -0.142. The van der Waals surface area contributed by atoms with Crippen LogP contribution in [0.5, 0.6) is 5.75 Å². The molecule has 1 aromatic rings.